The molecule has 2 nitrogen and oxygen atoms in total. The molecule has 0 atom stereocenters. The van der Waals surface area contributed by atoms with E-state index in [1.54, 1.807) is 0 Å². The number of halogens is 2. The molecule has 1 aromatic heterocycles. The molecular weight excluding hydrogens is 326 g/mol. The molecule has 0 aliphatic carbocycles. The van der Waals surface area contributed by atoms with Crippen molar-refractivity contribution in [1.82, 2.24) is 5.32 Å². The Bertz CT molecular complexity index is 589. The molecule has 19 heavy (non-hydrogen) atoms. The lowest BCUT2D eigenvalue weighted by Crippen LogP contribution is -2.22. The molecule has 0 aliphatic rings. The molecule has 0 saturated carbocycles. The van der Waals surface area contributed by atoms with E-state index >= 15 is 0 Å². The Kier molecular flexibility index (Phi) is 4.59. The monoisotopic (exact) mass is 343 g/mol. The van der Waals surface area contributed by atoms with Gasteiger partial charge in [-0.3, -0.25) is 0 Å². The van der Waals surface area contributed by atoms with Crippen molar-refractivity contribution < 1.29 is 4.42 Å². The molecule has 0 radical (unpaired) electrons. The molecule has 1 N–H and O–H groups in total. The second-order valence-electron chi connectivity index (χ2n) is 5.39. The van der Waals surface area contributed by atoms with E-state index in [-0.39, 0.29) is 0 Å². The first-order valence-electron chi connectivity index (χ1n) is 6.53. The van der Waals surface area contributed by atoms with E-state index < -0.39 is 0 Å². The summed E-state index contributed by atoms with van der Waals surface area (Å²) in [6.07, 6.45) is 0. The van der Waals surface area contributed by atoms with Crippen LogP contribution in [0.25, 0.3) is 11.0 Å². The summed E-state index contributed by atoms with van der Waals surface area (Å²) >= 11 is 9.77. The molecule has 0 amide bonds. The molecule has 2 aromatic rings. The van der Waals surface area contributed by atoms with Gasteiger partial charge < -0.3 is 9.73 Å². The van der Waals surface area contributed by atoms with Gasteiger partial charge >= 0.3 is 0 Å². The molecule has 0 fully saturated rings. The van der Waals surface area contributed by atoms with E-state index in [1.807, 2.05) is 6.07 Å². The molecule has 1 aromatic carbocycles. The van der Waals surface area contributed by atoms with E-state index in [9.17, 15) is 0 Å². The predicted molar refractivity (Wildman–Crippen MR) is 85.0 cm³/mol. The van der Waals surface area contributed by atoms with Crippen LogP contribution in [0.15, 0.2) is 21.0 Å². The summed E-state index contributed by atoms with van der Waals surface area (Å²) in [6.45, 7) is 9.34. The Morgan fingerprint density at radius 2 is 1.95 bits per heavy atom. The fourth-order valence-electron chi connectivity index (χ4n) is 2.25. The van der Waals surface area contributed by atoms with Gasteiger partial charge in [-0.2, -0.15) is 0 Å². The van der Waals surface area contributed by atoms with Crippen molar-refractivity contribution in [1.29, 1.82) is 0 Å². The lowest BCUT2D eigenvalue weighted by atomic mass is 9.99. The van der Waals surface area contributed by atoms with Crippen molar-refractivity contribution in [2.24, 2.45) is 0 Å². The molecule has 0 spiro atoms. The Labute approximate surface area is 127 Å². The SMILES string of the molecule is CC(C)NCc1oc2c(Cl)cc(Br)cc2c1C(C)C. The highest BCUT2D eigenvalue weighted by Gasteiger charge is 2.19. The fourth-order valence-corrected chi connectivity index (χ4v) is 3.10. The lowest BCUT2D eigenvalue weighted by molar-refractivity contribution is 0.480. The number of hydrogen-bond donors (Lipinski definition) is 1. The maximum Gasteiger partial charge on any atom is 0.153 e. The van der Waals surface area contributed by atoms with Crippen molar-refractivity contribution in [3.63, 3.8) is 0 Å². The summed E-state index contributed by atoms with van der Waals surface area (Å²) in [5, 5.41) is 5.16. The van der Waals surface area contributed by atoms with Gasteiger partial charge in [0, 0.05) is 21.5 Å². The molecule has 0 bridgehead atoms. The van der Waals surface area contributed by atoms with Crippen molar-refractivity contribution in [2.45, 2.75) is 46.2 Å². The summed E-state index contributed by atoms with van der Waals surface area (Å²) in [5.41, 5.74) is 2.03. The largest absolute Gasteiger partial charge is 0.458 e. The molecule has 4 heteroatoms. The van der Waals surface area contributed by atoms with Crippen LogP contribution >= 0.6 is 27.5 Å². The molecular formula is C15H19BrClNO. The summed E-state index contributed by atoms with van der Waals surface area (Å²) in [4.78, 5) is 0. The normalized spacial score (nSPS) is 12.0. The zero-order valence-electron chi connectivity index (χ0n) is 11.7. The fraction of sp³-hybridized carbons (Fsp3) is 0.467. The van der Waals surface area contributed by atoms with Crippen molar-refractivity contribution >= 4 is 38.5 Å². The van der Waals surface area contributed by atoms with Crippen LogP contribution in [0.3, 0.4) is 0 Å². The van der Waals surface area contributed by atoms with Gasteiger partial charge in [0.1, 0.15) is 5.76 Å². The van der Waals surface area contributed by atoms with Crippen LogP contribution in [0.4, 0.5) is 0 Å². The van der Waals surface area contributed by atoms with Gasteiger partial charge in [0.25, 0.3) is 0 Å². The second kappa shape index (κ2) is 5.86. The van der Waals surface area contributed by atoms with E-state index in [0.717, 1.165) is 27.7 Å². The lowest BCUT2D eigenvalue weighted by Gasteiger charge is -2.09. The van der Waals surface area contributed by atoms with Gasteiger partial charge in [-0.15, -0.1) is 0 Å². The van der Waals surface area contributed by atoms with E-state index in [2.05, 4.69) is 55.0 Å². The Morgan fingerprint density at radius 3 is 2.53 bits per heavy atom. The van der Waals surface area contributed by atoms with Crippen molar-refractivity contribution in [3.8, 4) is 0 Å². The molecule has 2 rings (SSSR count). The van der Waals surface area contributed by atoms with Crippen LogP contribution in [0, 0.1) is 0 Å². The minimum absolute atomic E-state index is 0.399. The van der Waals surface area contributed by atoms with Gasteiger partial charge in [-0.1, -0.05) is 55.2 Å². The summed E-state index contributed by atoms with van der Waals surface area (Å²) in [5.74, 6) is 1.38. The maximum atomic E-state index is 6.27. The first-order chi connectivity index (χ1) is 8.90. The topological polar surface area (TPSA) is 25.2 Å². The highest BCUT2D eigenvalue weighted by Crippen LogP contribution is 2.37. The van der Waals surface area contributed by atoms with E-state index in [0.29, 0.717) is 17.0 Å². The minimum atomic E-state index is 0.399. The zero-order chi connectivity index (χ0) is 14.2. The second-order valence-corrected chi connectivity index (χ2v) is 6.72. The van der Waals surface area contributed by atoms with Gasteiger partial charge in [0.2, 0.25) is 0 Å². The maximum absolute atomic E-state index is 6.27. The van der Waals surface area contributed by atoms with Gasteiger partial charge in [-0.25, -0.2) is 0 Å². The van der Waals surface area contributed by atoms with Crippen LogP contribution in [0.1, 0.15) is 44.9 Å². The third-order valence-electron chi connectivity index (χ3n) is 3.07. The minimum Gasteiger partial charge on any atom is -0.458 e. The Hall–Kier alpha value is -0.510. The number of nitrogens with one attached hydrogen (secondary N) is 1. The summed E-state index contributed by atoms with van der Waals surface area (Å²) in [7, 11) is 0. The predicted octanol–water partition coefficient (Wildman–Crippen LogP) is 5.47. The number of hydrogen-bond acceptors (Lipinski definition) is 2. The zero-order valence-corrected chi connectivity index (χ0v) is 14.0. The first-order valence-corrected chi connectivity index (χ1v) is 7.71. The smallest absolute Gasteiger partial charge is 0.153 e. The quantitative estimate of drug-likeness (QED) is 0.795. The molecule has 1 heterocycles. The number of benzene rings is 1. The van der Waals surface area contributed by atoms with Crippen LogP contribution in [0.5, 0.6) is 0 Å². The van der Waals surface area contributed by atoms with E-state index in [4.69, 9.17) is 16.0 Å². The molecule has 104 valence electrons. The highest BCUT2D eigenvalue weighted by molar-refractivity contribution is 9.10. The molecule has 0 aliphatic heterocycles. The third kappa shape index (κ3) is 3.15. The van der Waals surface area contributed by atoms with Crippen molar-refractivity contribution in [3.05, 3.63) is 33.0 Å². The average Bonchev–Trinajstić information content (AvgIpc) is 2.64. The number of furan rings is 1. The van der Waals surface area contributed by atoms with Gasteiger partial charge in [0.05, 0.1) is 11.6 Å². The van der Waals surface area contributed by atoms with Crippen LogP contribution in [0.2, 0.25) is 5.02 Å². The highest BCUT2D eigenvalue weighted by atomic mass is 79.9. The number of rotatable bonds is 4. The number of fused-ring (bicyclic) bond motifs is 1. The Balaban J connectivity index is 2.57. The van der Waals surface area contributed by atoms with Gasteiger partial charge in [-0.05, 0) is 18.1 Å². The van der Waals surface area contributed by atoms with Crippen LogP contribution in [-0.2, 0) is 6.54 Å². The Morgan fingerprint density at radius 1 is 1.26 bits per heavy atom. The van der Waals surface area contributed by atoms with Gasteiger partial charge in [0.15, 0.2) is 5.58 Å². The molecule has 0 saturated heterocycles. The molecule has 0 unspecified atom stereocenters. The standard InChI is InChI=1S/C15H19BrClNO/c1-8(2)14-11-5-10(16)6-12(17)15(11)19-13(14)7-18-9(3)4/h5-6,8-9,18H,7H2,1-4H3. The third-order valence-corrected chi connectivity index (χ3v) is 3.81. The summed E-state index contributed by atoms with van der Waals surface area (Å²) < 4.78 is 6.96. The average molecular weight is 345 g/mol. The first kappa shape index (κ1) is 14.9. The van der Waals surface area contributed by atoms with Crippen LogP contribution < -0.4 is 5.32 Å². The van der Waals surface area contributed by atoms with Crippen molar-refractivity contribution in [2.75, 3.05) is 0 Å². The summed E-state index contributed by atoms with van der Waals surface area (Å²) in [6, 6.07) is 4.38. The van der Waals surface area contributed by atoms with E-state index in [1.165, 1.54) is 5.56 Å². The van der Waals surface area contributed by atoms with Crippen LogP contribution in [-0.4, -0.2) is 6.04 Å².